The van der Waals surface area contributed by atoms with Gasteiger partial charge < -0.3 is 9.66 Å². The molecule has 0 fully saturated rings. The normalized spacial score (nSPS) is 12.4. The number of rotatable bonds is 4. The predicted octanol–water partition coefficient (Wildman–Crippen LogP) is 3.45. The van der Waals surface area contributed by atoms with Crippen molar-refractivity contribution in [2.24, 2.45) is 0 Å². The van der Waals surface area contributed by atoms with E-state index in [1.54, 1.807) is 6.92 Å². The third-order valence-electron chi connectivity index (χ3n) is 2.11. The van der Waals surface area contributed by atoms with Gasteiger partial charge in [0.2, 0.25) is 0 Å². The van der Waals surface area contributed by atoms with Gasteiger partial charge in [-0.15, -0.1) is 11.3 Å². The van der Waals surface area contributed by atoms with E-state index in [1.807, 2.05) is 0 Å². The zero-order valence-corrected chi connectivity index (χ0v) is 13.6. The van der Waals surface area contributed by atoms with Gasteiger partial charge >= 0.3 is 5.97 Å². The molecule has 0 radical (unpaired) electrons. The van der Waals surface area contributed by atoms with Crippen LogP contribution in [0, 0.1) is 6.92 Å². The summed E-state index contributed by atoms with van der Waals surface area (Å²) in [5.41, 5.74) is -0.253. The molecule has 0 aromatic carbocycles. The summed E-state index contributed by atoms with van der Waals surface area (Å²) in [6.07, 6.45) is 0. The van der Waals surface area contributed by atoms with Crippen molar-refractivity contribution in [2.45, 2.75) is 6.92 Å². The van der Waals surface area contributed by atoms with Gasteiger partial charge in [-0.2, -0.15) is 0 Å². The molecule has 0 saturated heterocycles. The molecule has 0 aliphatic rings. The summed E-state index contributed by atoms with van der Waals surface area (Å²) >= 11 is 10.9. The minimum atomic E-state index is -2.76. The summed E-state index contributed by atoms with van der Waals surface area (Å²) < 4.78 is 24.1. The fourth-order valence-corrected chi connectivity index (χ4v) is 4.62. The summed E-state index contributed by atoms with van der Waals surface area (Å²) in [5.74, 6) is -1.32. The van der Waals surface area contributed by atoms with E-state index >= 15 is 0 Å². The molecular formula is C9H5Cl2N2O4S3-. The van der Waals surface area contributed by atoms with Crippen LogP contribution in [-0.2, 0) is 11.3 Å². The molecule has 0 saturated carbocycles. The number of hydrogen-bond acceptors (Lipinski definition) is 6. The zero-order chi connectivity index (χ0) is 15.0. The van der Waals surface area contributed by atoms with Crippen LogP contribution >= 0.6 is 45.9 Å². The van der Waals surface area contributed by atoms with E-state index in [0.717, 1.165) is 27.0 Å². The van der Waals surface area contributed by atoms with E-state index in [4.69, 9.17) is 28.3 Å². The lowest BCUT2D eigenvalue weighted by molar-refractivity contribution is 0.0692. The number of anilines is 2. The van der Waals surface area contributed by atoms with Crippen LogP contribution in [-0.4, -0.2) is 24.8 Å². The minimum Gasteiger partial charge on any atom is -0.755 e. The van der Waals surface area contributed by atoms with E-state index in [-0.39, 0.29) is 20.7 Å². The van der Waals surface area contributed by atoms with Gasteiger partial charge in [0.05, 0.1) is 26.3 Å². The Morgan fingerprint density at radius 3 is 2.60 bits per heavy atom. The third-order valence-corrected chi connectivity index (χ3v) is 5.33. The Kier molecular flexibility index (Phi) is 4.67. The smallest absolute Gasteiger partial charge is 0.357 e. The summed E-state index contributed by atoms with van der Waals surface area (Å²) in [7, 11) is 0. The topological polar surface area (TPSA) is 93.6 Å². The maximum absolute atomic E-state index is 11.5. The van der Waals surface area contributed by atoms with Gasteiger partial charge in [0.15, 0.2) is 5.69 Å². The molecular weight excluding hydrogens is 367 g/mol. The molecule has 11 heteroatoms. The molecule has 20 heavy (non-hydrogen) atoms. The Bertz CT molecular complexity index is 699. The highest BCUT2D eigenvalue weighted by Gasteiger charge is 2.26. The molecule has 1 unspecified atom stereocenters. The van der Waals surface area contributed by atoms with E-state index in [0.29, 0.717) is 9.34 Å². The number of carbonyl (C=O) groups is 1. The van der Waals surface area contributed by atoms with Gasteiger partial charge in [-0.1, -0.05) is 34.5 Å². The fourth-order valence-electron chi connectivity index (χ4n) is 1.42. The zero-order valence-electron chi connectivity index (χ0n) is 9.62. The second kappa shape index (κ2) is 5.96. The summed E-state index contributed by atoms with van der Waals surface area (Å²) in [4.78, 5) is 15.0. The highest BCUT2D eigenvalue weighted by atomic mass is 35.5. The number of carboxylic acids is 1. The van der Waals surface area contributed by atoms with Crippen molar-refractivity contribution >= 4 is 73.8 Å². The van der Waals surface area contributed by atoms with Crippen molar-refractivity contribution in [1.29, 1.82) is 0 Å². The Morgan fingerprint density at radius 1 is 1.50 bits per heavy atom. The van der Waals surface area contributed by atoms with Gasteiger partial charge in [0, 0.05) is 0 Å². The number of nitrogens with zero attached hydrogens (tertiary/aromatic N) is 2. The first-order chi connectivity index (χ1) is 9.31. The second-order valence-electron chi connectivity index (χ2n) is 3.41. The van der Waals surface area contributed by atoms with Crippen molar-refractivity contribution in [1.82, 2.24) is 4.98 Å². The molecule has 2 aromatic rings. The lowest BCUT2D eigenvalue weighted by atomic mass is 10.4. The van der Waals surface area contributed by atoms with Crippen LogP contribution in [0.1, 0.15) is 15.5 Å². The standard InChI is InChI=1S/C9H6Cl2N2O4S3/c1-3-12-6(9(14)15)8(18-3)13(20(16)17)4-2-5(10)19-7(4)11/h2H,1H3,(H,14,15)(H,16,17)/p-1. The highest BCUT2D eigenvalue weighted by molar-refractivity contribution is 7.81. The van der Waals surface area contributed by atoms with E-state index in [1.165, 1.54) is 6.07 Å². The molecule has 0 bridgehead atoms. The molecule has 1 atom stereocenters. The fraction of sp³-hybridized carbons (Fsp3) is 0.111. The number of carboxylic acid groups (broad SMARTS) is 1. The first-order valence-electron chi connectivity index (χ1n) is 4.86. The first-order valence-corrected chi connectivity index (χ1v) is 8.28. The largest absolute Gasteiger partial charge is 0.755 e. The Balaban J connectivity index is 2.63. The van der Waals surface area contributed by atoms with Crippen molar-refractivity contribution in [3.05, 3.63) is 25.4 Å². The average Bonchev–Trinajstić information content (AvgIpc) is 2.83. The Hall–Kier alpha value is -0.710. The lowest BCUT2D eigenvalue weighted by Gasteiger charge is -2.24. The predicted molar refractivity (Wildman–Crippen MR) is 79.2 cm³/mol. The van der Waals surface area contributed by atoms with Gasteiger partial charge in [-0.3, -0.25) is 8.51 Å². The molecule has 0 aliphatic heterocycles. The van der Waals surface area contributed by atoms with Crippen LogP contribution in [0.25, 0.3) is 0 Å². The molecule has 2 rings (SSSR count). The van der Waals surface area contributed by atoms with Crippen molar-refractivity contribution in [3.8, 4) is 0 Å². The highest BCUT2D eigenvalue weighted by Crippen LogP contribution is 2.43. The van der Waals surface area contributed by atoms with E-state index in [2.05, 4.69) is 4.98 Å². The number of thiazole rings is 1. The van der Waals surface area contributed by atoms with Gasteiger partial charge in [-0.05, 0) is 13.0 Å². The number of thiophene rings is 1. The van der Waals surface area contributed by atoms with Crippen LogP contribution in [0.4, 0.5) is 10.7 Å². The number of aromatic nitrogens is 1. The number of aromatic carboxylic acids is 1. The van der Waals surface area contributed by atoms with Crippen molar-refractivity contribution in [3.63, 3.8) is 0 Å². The third kappa shape index (κ3) is 2.97. The SMILES string of the molecule is Cc1nc(C(=O)O)c(N(c2cc(Cl)sc2Cl)S(=O)[O-])s1. The van der Waals surface area contributed by atoms with Gasteiger partial charge in [-0.25, -0.2) is 9.78 Å². The summed E-state index contributed by atoms with van der Waals surface area (Å²) in [6.45, 7) is 1.58. The van der Waals surface area contributed by atoms with E-state index in [9.17, 15) is 13.6 Å². The minimum absolute atomic E-state index is 0.0419. The average molecular weight is 372 g/mol. The molecule has 108 valence electrons. The lowest BCUT2D eigenvalue weighted by Crippen LogP contribution is -2.20. The second-order valence-corrected chi connectivity index (χ2v) is 7.68. The van der Waals surface area contributed by atoms with Crippen LogP contribution in [0.2, 0.25) is 8.67 Å². The first kappa shape index (κ1) is 15.7. The van der Waals surface area contributed by atoms with Gasteiger partial charge in [0.1, 0.15) is 9.34 Å². The van der Waals surface area contributed by atoms with Crippen molar-refractivity contribution in [2.75, 3.05) is 4.31 Å². The maximum atomic E-state index is 11.5. The van der Waals surface area contributed by atoms with Crippen molar-refractivity contribution < 1.29 is 18.7 Å². The molecule has 1 N–H and O–H groups in total. The number of aryl methyl sites for hydroxylation is 1. The Morgan fingerprint density at radius 2 is 2.15 bits per heavy atom. The Labute approximate surface area is 134 Å². The van der Waals surface area contributed by atoms with E-state index < -0.39 is 17.2 Å². The molecule has 2 aromatic heterocycles. The molecule has 0 spiro atoms. The molecule has 0 amide bonds. The summed E-state index contributed by atoms with van der Waals surface area (Å²) in [5, 5.41) is 9.47. The van der Waals surface area contributed by atoms with Crippen LogP contribution < -0.4 is 4.31 Å². The number of halogens is 2. The quantitative estimate of drug-likeness (QED) is 0.830. The maximum Gasteiger partial charge on any atom is 0.357 e. The molecule has 6 nitrogen and oxygen atoms in total. The van der Waals surface area contributed by atoms with Crippen LogP contribution in [0.5, 0.6) is 0 Å². The van der Waals surface area contributed by atoms with Crippen LogP contribution in [0.15, 0.2) is 6.07 Å². The molecule has 0 aliphatic carbocycles. The summed E-state index contributed by atoms with van der Waals surface area (Å²) in [6, 6.07) is 1.35. The number of hydrogen-bond donors (Lipinski definition) is 1. The monoisotopic (exact) mass is 371 g/mol. The van der Waals surface area contributed by atoms with Gasteiger partial charge in [0.25, 0.3) is 0 Å². The molecule has 2 heterocycles. The van der Waals surface area contributed by atoms with Crippen LogP contribution in [0.3, 0.4) is 0 Å².